The highest BCUT2D eigenvalue weighted by Crippen LogP contribution is 2.38. The van der Waals surface area contributed by atoms with Crippen molar-refractivity contribution in [2.75, 3.05) is 0 Å². The molecule has 0 radical (unpaired) electrons. The van der Waals surface area contributed by atoms with E-state index in [0.29, 0.717) is 18.0 Å². The van der Waals surface area contributed by atoms with Crippen molar-refractivity contribution in [1.29, 1.82) is 10.5 Å². The third kappa shape index (κ3) is 3.83. The predicted molar refractivity (Wildman–Crippen MR) is 78.6 cm³/mol. The smallest absolute Gasteiger partial charge is 0.0991 e. The van der Waals surface area contributed by atoms with Gasteiger partial charge in [0, 0.05) is 19.0 Å². The van der Waals surface area contributed by atoms with Gasteiger partial charge in [-0.05, 0) is 48.8 Å². The van der Waals surface area contributed by atoms with Gasteiger partial charge in [-0.25, -0.2) is 0 Å². The Labute approximate surface area is 121 Å². The summed E-state index contributed by atoms with van der Waals surface area (Å²) < 4.78 is 0. The summed E-state index contributed by atoms with van der Waals surface area (Å²) >= 11 is 0. The van der Waals surface area contributed by atoms with Crippen molar-refractivity contribution in [2.45, 2.75) is 51.6 Å². The van der Waals surface area contributed by atoms with Crippen LogP contribution in [0.3, 0.4) is 0 Å². The largest absolute Gasteiger partial charge is 0.310 e. The number of benzene rings is 1. The second-order valence-corrected chi connectivity index (χ2v) is 6.11. The highest BCUT2D eigenvalue weighted by molar-refractivity contribution is 5.31. The topological polar surface area (TPSA) is 59.6 Å². The van der Waals surface area contributed by atoms with Gasteiger partial charge in [-0.3, -0.25) is 0 Å². The second kappa shape index (κ2) is 6.55. The molecule has 0 bridgehead atoms. The van der Waals surface area contributed by atoms with E-state index in [1.807, 2.05) is 24.3 Å². The minimum Gasteiger partial charge on any atom is -0.310 e. The normalized spacial score (nSPS) is 25.6. The molecule has 0 aliphatic heterocycles. The summed E-state index contributed by atoms with van der Waals surface area (Å²) in [6.45, 7) is 3.08. The summed E-state index contributed by atoms with van der Waals surface area (Å²) in [6, 6.07) is 12.7. The van der Waals surface area contributed by atoms with E-state index in [4.69, 9.17) is 10.5 Å². The van der Waals surface area contributed by atoms with Crippen molar-refractivity contribution in [3.8, 4) is 12.1 Å². The van der Waals surface area contributed by atoms with Crippen LogP contribution in [0.1, 0.15) is 50.2 Å². The Morgan fingerprint density at radius 2 is 1.85 bits per heavy atom. The number of rotatable bonds is 4. The Morgan fingerprint density at radius 3 is 2.40 bits per heavy atom. The minimum atomic E-state index is 0.224. The maximum atomic E-state index is 8.86. The van der Waals surface area contributed by atoms with Crippen LogP contribution < -0.4 is 5.32 Å². The van der Waals surface area contributed by atoms with Gasteiger partial charge in [0.05, 0.1) is 17.7 Å². The summed E-state index contributed by atoms with van der Waals surface area (Å²) in [7, 11) is 0. The van der Waals surface area contributed by atoms with Crippen LogP contribution in [0.15, 0.2) is 24.3 Å². The fourth-order valence-electron chi connectivity index (χ4n) is 2.85. The number of hydrogen-bond donors (Lipinski definition) is 1. The van der Waals surface area contributed by atoms with Crippen LogP contribution in [0, 0.1) is 28.1 Å². The van der Waals surface area contributed by atoms with E-state index in [0.717, 1.165) is 32.2 Å². The van der Waals surface area contributed by atoms with E-state index in [2.05, 4.69) is 24.4 Å². The van der Waals surface area contributed by atoms with E-state index < -0.39 is 0 Å². The zero-order valence-electron chi connectivity index (χ0n) is 12.0. The second-order valence-electron chi connectivity index (χ2n) is 6.11. The van der Waals surface area contributed by atoms with Gasteiger partial charge in [0.2, 0.25) is 0 Å². The molecule has 1 fully saturated rings. The molecule has 1 N–H and O–H groups in total. The van der Waals surface area contributed by atoms with E-state index in [1.54, 1.807) is 0 Å². The van der Waals surface area contributed by atoms with Gasteiger partial charge >= 0.3 is 0 Å². The molecule has 0 saturated heterocycles. The van der Waals surface area contributed by atoms with Crippen LogP contribution in [0.25, 0.3) is 0 Å². The maximum absolute atomic E-state index is 8.86. The first-order valence-corrected chi connectivity index (χ1v) is 7.25. The SMILES string of the molecule is CC1(CC#N)CCC(NCc2ccc(C#N)cc2)CC1. The zero-order chi connectivity index (χ0) is 14.4. The molecule has 1 saturated carbocycles. The third-order valence-electron chi connectivity index (χ3n) is 4.38. The van der Waals surface area contributed by atoms with Crippen molar-refractivity contribution >= 4 is 0 Å². The van der Waals surface area contributed by atoms with E-state index in [9.17, 15) is 0 Å². The average Bonchev–Trinajstić information content (AvgIpc) is 2.47. The molecule has 104 valence electrons. The van der Waals surface area contributed by atoms with Crippen LogP contribution in [-0.4, -0.2) is 6.04 Å². The van der Waals surface area contributed by atoms with Crippen molar-refractivity contribution in [3.05, 3.63) is 35.4 Å². The Hall–Kier alpha value is -1.84. The van der Waals surface area contributed by atoms with Crippen LogP contribution in [0.4, 0.5) is 0 Å². The molecular weight excluding hydrogens is 246 g/mol. The van der Waals surface area contributed by atoms with Crippen molar-refractivity contribution in [3.63, 3.8) is 0 Å². The molecule has 1 aliphatic carbocycles. The highest BCUT2D eigenvalue weighted by Gasteiger charge is 2.30. The molecule has 3 nitrogen and oxygen atoms in total. The summed E-state index contributed by atoms with van der Waals surface area (Å²) in [5.74, 6) is 0. The standard InChI is InChI=1S/C17H21N3/c1-17(10-11-18)8-6-16(7-9-17)20-13-15-4-2-14(12-19)3-5-15/h2-5,16,20H,6-10,13H2,1H3. The van der Waals surface area contributed by atoms with E-state index >= 15 is 0 Å². The Morgan fingerprint density at radius 1 is 1.20 bits per heavy atom. The van der Waals surface area contributed by atoms with Gasteiger partial charge in [0.25, 0.3) is 0 Å². The number of nitrogens with one attached hydrogen (secondary N) is 1. The molecule has 1 aromatic carbocycles. The average molecular weight is 267 g/mol. The molecule has 3 heteroatoms. The molecule has 1 aromatic rings. The van der Waals surface area contributed by atoms with Gasteiger partial charge in [0.1, 0.15) is 0 Å². The van der Waals surface area contributed by atoms with Gasteiger partial charge in [-0.15, -0.1) is 0 Å². The number of hydrogen-bond acceptors (Lipinski definition) is 3. The minimum absolute atomic E-state index is 0.224. The van der Waals surface area contributed by atoms with Crippen LogP contribution >= 0.6 is 0 Å². The number of nitriles is 2. The predicted octanol–water partition coefficient (Wildman–Crippen LogP) is 3.51. The van der Waals surface area contributed by atoms with E-state index in [-0.39, 0.29) is 5.41 Å². The summed E-state index contributed by atoms with van der Waals surface area (Å²) in [4.78, 5) is 0. The summed E-state index contributed by atoms with van der Waals surface area (Å²) in [5.41, 5.74) is 2.15. The van der Waals surface area contributed by atoms with Gasteiger partial charge in [-0.1, -0.05) is 19.1 Å². The van der Waals surface area contributed by atoms with Crippen molar-refractivity contribution in [2.24, 2.45) is 5.41 Å². The molecule has 0 amide bonds. The molecule has 0 heterocycles. The lowest BCUT2D eigenvalue weighted by Crippen LogP contribution is -2.36. The summed E-state index contributed by atoms with van der Waals surface area (Å²) in [6.07, 6.45) is 5.23. The lowest BCUT2D eigenvalue weighted by atomic mass is 9.72. The molecule has 0 atom stereocenters. The molecule has 0 unspecified atom stereocenters. The van der Waals surface area contributed by atoms with Gasteiger partial charge in [0.15, 0.2) is 0 Å². The molecule has 2 rings (SSSR count). The van der Waals surface area contributed by atoms with E-state index in [1.165, 1.54) is 5.56 Å². The monoisotopic (exact) mass is 267 g/mol. The molecule has 20 heavy (non-hydrogen) atoms. The molecule has 0 spiro atoms. The fourth-order valence-corrected chi connectivity index (χ4v) is 2.85. The first-order chi connectivity index (χ1) is 9.65. The molecule has 1 aliphatic rings. The lowest BCUT2D eigenvalue weighted by Gasteiger charge is -2.36. The van der Waals surface area contributed by atoms with Crippen LogP contribution in [0.2, 0.25) is 0 Å². The Kier molecular flexibility index (Phi) is 4.77. The van der Waals surface area contributed by atoms with Crippen molar-refractivity contribution < 1.29 is 0 Å². The lowest BCUT2D eigenvalue weighted by molar-refractivity contribution is 0.188. The number of nitrogens with zero attached hydrogens (tertiary/aromatic N) is 2. The van der Waals surface area contributed by atoms with Crippen LogP contribution in [0.5, 0.6) is 0 Å². The summed E-state index contributed by atoms with van der Waals surface area (Å²) in [5, 5.41) is 21.2. The van der Waals surface area contributed by atoms with Gasteiger partial charge in [-0.2, -0.15) is 10.5 Å². The molecular formula is C17H21N3. The Balaban J connectivity index is 1.79. The van der Waals surface area contributed by atoms with Crippen LogP contribution in [-0.2, 0) is 6.54 Å². The highest BCUT2D eigenvalue weighted by atomic mass is 14.9. The molecule has 0 aromatic heterocycles. The first-order valence-electron chi connectivity index (χ1n) is 7.25. The van der Waals surface area contributed by atoms with Gasteiger partial charge < -0.3 is 5.32 Å². The fraction of sp³-hybridized carbons (Fsp3) is 0.529. The Bertz CT molecular complexity index is 511. The quantitative estimate of drug-likeness (QED) is 0.908. The first kappa shape index (κ1) is 14.6. The third-order valence-corrected chi connectivity index (χ3v) is 4.38. The maximum Gasteiger partial charge on any atom is 0.0991 e. The zero-order valence-corrected chi connectivity index (χ0v) is 12.0. The van der Waals surface area contributed by atoms with Crippen molar-refractivity contribution in [1.82, 2.24) is 5.32 Å².